The molecule has 8 heteroatoms. The van der Waals surface area contributed by atoms with Crippen molar-refractivity contribution in [2.24, 2.45) is 5.92 Å². The molecule has 0 bridgehead atoms. The number of likely N-dealkylation sites (tertiary alicyclic amines) is 1. The van der Waals surface area contributed by atoms with Gasteiger partial charge >= 0.3 is 6.01 Å². The topological polar surface area (TPSA) is 102 Å². The normalized spacial score (nSPS) is 15.5. The van der Waals surface area contributed by atoms with Crippen molar-refractivity contribution in [3.05, 3.63) is 35.4 Å². The fourth-order valence-electron chi connectivity index (χ4n) is 3.99. The van der Waals surface area contributed by atoms with Crippen LogP contribution in [0, 0.1) is 5.92 Å². The zero-order valence-corrected chi connectivity index (χ0v) is 18.4. The first-order valence-electron chi connectivity index (χ1n) is 11.2. The molecule has 0 amide bonds. The molecule has 0 unspecified atom stereocenters. The Bertz CT molecular complexity index is 1030. The molecule has 31 heavy (non-hydrogen) atoms. The maximum Gasteiger partial charge on any atom is 0.320 e. The molecule has 1 aliphatic rings. The van der Waals surface area contributed by atoms with Gasteiger partial charge in [-0.05, 0) is 49.4 Å². The van der Waals surface area contributed by atoms with Gasteiger partial charge in [-0.25, -0.2) is 0 Å². The lowest BCUT2D eigenvalue weighted by Gasteiger charge is -2.30. The third-order valence-electron chi connectivity index (χ3n) is 5.92. The maximum absolute atomic E-state index is 10.5. The maximum atomic E-state index is 10.5. The van der Waals surface area contributed by atoms with Gasteiger partial charge in [-0.15, -0.1) is 0 Å². The molecule has 2 aromatic heterocycles. The number of unbranched alkanes of at least 4 members (excludes halogenated alkanes) is 1. The number of benzene rings is 1. The molecule has 0 aliphatic carbocycles. The largest absolute Gasteiger partial charge is 0.480 e. The van der Waals surface area contributed by atoms with Gasteiger partial charge in [-0.3, -0.25) is 9.47 Å². The second-order valence-electron chi connectivity index (χ2n) is 8.54. The van der Waals surface area contributed by atoms with Gasteiger partial charge < -0.3 is 15.6 Å². The van der Waals surface area contributed by atoms with Gasteiger partial charge in [0.1, 0.15) is 0 Å². The summed E-state index contributed by atoms with van der Waals surface area (Å²) in [5.74, 6) is 1.03. The SMILES string of the molecule is CCCCOc1nc(N)c2nc(O)n(Cc3cccc(CN4CCC(C)CC4)c3)c2n1. The van der Waals surface area contributed by atoms with Crippen LogP contribution in [0.2, 0.25) is 0 Å². The lowest BCUT2D eigenvalue weighted by Crippen LogP contribution is -2.32. The first-order chi connectivity index (χ1) is 15.0. The summed E-state index contributed by atoms with van der Waals surface area (Å²) in [6.45, 7) is 8.63. The van der Waals surface area contributed by atoms with E-state index in [0.717, 1.165) is 44.0 Å². The summed E-state index contributed by atoms with van der Waals surface area (Å²) < 4.78 is 7.29. The molecule has 0 saturated carbocycles. The number of ether oxygens (including phenoxy) is 1. The second kappa shape index (κ2) is 9.51. The summed E-state index contributed by atoms with van der Waals surface area (Å²) in [6.07, 6.45) is 4.45. The fraction of sp³-hybridized carbons (Fsp3) is 0.522. The van der Waals surface area contributed by atoms with E-state index in [-0.39, 0.29) is 17.8 Å². The third-order valence-corrected chi connectivity index (χ3v) is 5.92. The average molecular weight is 425 g/mol. The van der Waals surface area contributed by atoms with E-state index in [9.17, 15) is 5.11 Å². The van der Waals surface area contributed by atoms with Crippen molar-refractivity contribution in [1.82, 2.24) is 24.4 Å². The number of hydrogen-bond acceptors (Lipinski definition) is 7. The van der Waals surface area contributed by atoms with Crippen LogP contribution in [-0.4, -0.2) is 49.2 Å². The van der Waals surface area contributed by atoms with Crippen molar-refractivity contribution in [2.45, 2.75) is 52.6 Å². The number of piperidine rings is 1. The Morgan fingerprint density at radius 2 is 1.87 bits per heavy atom. The highest BCUT2D eigenvalue weighted by Crippen LogP contribution is 2.26. The molecule has 1 aromatic carbocycles. The fourth-order valence-corrected chi connectivity index (χ4v) is 3.99. The van der Waals surface area contributed by atoms with Gasteiger partial charge in [0.25, 0.3) is 6.01 Å². The Hall–Kier alpha value is -2.87. The standard InChI is InChI=1S/C23H32N6O2/c1-3-4-12-31-22-26-20(24)19-21(27-22)29(23(30)25-19)15-18-7-5-6-17(13-18)14-28-10-8-16(2)9-11-28/h5-7,13,16H,3-4,8-12,14-15H2,1-2H3,(H,25,30)(H2,24,26,27). The predicted octanol–water partition coefficient (Wildman–Crippen LogP) is 3.57. The van der Waals surface area contributed by atoms with Crippen LogP contribution in [0.3, 0.4) is 0 Å². The van der Waals surface area contributed by atoms with Crippen molar-refractivity contribution < 1.29 is 9.84 Å². The van der Waals surface area contributed by atoms with Crippen LogP contribution in [-0.2, 0) is 13.1 Å². The molecule has 4 rings (SSSR count). The van der Waals surface area contributed by atoms with Crippen LogP contribution in [0.15, 0.2) is 24.3 Å². The highest BCUT2D eigenvalue weighted by molar-refractivity contribution is 5.83. The van der Waals surface area contributed by atoms with Crippen LogP contribution in [0.25, 0.3) is 11.2 Å². The molecule has 166 valence electrons. The van der Waals surface area contributed by atoms with Gasteiger partial charge in [0.15, 0.2) is 17.0 Å². The van der Waals surface area contributed by atoms with Gasteiger partial charge in [0, 0.05) is 6.54 Å². The number of imidazole rings is 1. The van der Waals surface area contributed by atoms with E-state index < -0.39 is 0 Å². The molecule has 3 N–H and O–H groups in total. The van der Waals surface area contributed by atoms with E-state index in [4.69, 9.17) is 10.5 Å². The Labute approximate surface area is 183 Å². The van der Waals surface area contributed by atoms with E-state index >= 15 is 0 Å². The molecule has 8 nitrogen and oxygen atoms in total. The monoisotopic (exact) mass is 424 g/mol. The minimum Gasteiger partial charge on any atom is -0.480 e. The minimum atomic E-state index is -0.128. The molecular formula is C23H32N6O2. The number of fused-ring (bicyclic) bond motifs is 1. The lowest BCUT2D eigenvalue weighted by molar-refractivity contribution is 0.185. The van der Waals surface area contributed by atoms with Crippen molar-refractivity contribution >= 4 is 17.0 Å². The Kier molecular flexibility index (Phi) is 6.56. The highest BCUT2D eigenvalue weighted by atomic mass is 16.5. The number of hydrogen-bond donors (Lipinski definition) is 2. The second-order valence-corrected chi connectivity index (χ2v) is 8.54. The quantitative estimate of drug-likeness (QED) is 0.533. The summed E-state index contributed by atoms with van der Waals surface area (Å²) in [5.41, 5.74) is 9.26. The first-order valence-corrected chi connectivity index (χ1v) is 11.2. The molecule has 0 spiro atoms. The lowest BCUT2D eigenvalue weighted by atomic mass is 9.98. The summed E-state index contributed by atoms with van der Waals surface area (Å²) in [7, 11) is 0. The van der Waals surface area contributed by atoms with Crippen LogP contribution >= 0.6 is 0 Å². The third kappa shape index (κ3) is 5.07. The summed E-state index contributed by atoms with van der Waals surface area (Å²) >= 11 is 0. The van der Waals surface area contributed by atoms with Crippen LogP contribution < -0.4 is 10.5 Å². The van der Waals surface area contributed by atoms with E-state index in [1.165, 1.54) is 18.4 Å². The van der Waals surface area contributed by atoms with Crippen molar-refractivity contribution in [1.29, 1.82) is 0 Å². The first kappa shape index (κ1) is 21.4. The van der Waals surface area contributed by atoms with Gasteiger partial charge in [0.2, 0.25) is 0 Å². The smallest absolute Gasteiger partial charge is 0.320 e. The number of rotatable bonds is 8. The molecule has 1 aliphatic heterocycles. The highest BCUT2D eigenvalue weighted by Gasteiger charge is 2.18. The number of nitrogens with zero attached hydrogens (tertiary/aromatic N) is 5. The van der Waals surface area contributed by atoms with E-state index in [2.05, 4.69) is 58.0 Å². The average Bonchev–Trinajstić information content (AvgIpc) is 3.06. The van der Waals surface area contributed by atoms with Gasteiger partial charge in [0.05, 0.1) is 13.2 Å². The Balaban J connectivity index is 1.54. The zero-order valence-electron chi connectivity index (χ0n) is 18.4. The summed E-state index contributed by atoms with van der Waals surface area (Å²) in [4.78, 5) is 15.3. The molecule has 1 saturated heterocycles. The number of aromatic nitrogens is 4. The summed E-state index contributed by atoms with van der Waals surface area (Å²) in [5, 5.41) is 10.5. The van der Waals surface area contributed by atoms with Gasteiger partial charge in [-0.1, -0.05) is 44.5 Å². The molecule has 1 fully saturated rings. The number of aromatic hydroxyl groups is 1. The molecule has 0 radical (unpaired) electrons. The van der Waals surface area contributed by atoms with Crippen molar-refractivity contribution in [2.75, 3.05) is 25.4 Å². The Morgan fingerprint density at radius 1 is 1.13 bits per heavy atom. The molecule has 3 heterocycles. The molecule has 0 atom stereocenters. The molecular weight excluding hydrogens is 392 g/mol. The van der Waals surface area contributed by atoms with Crippen LogP contribution in [0.1, 0.15) is 50.7 Å². The number of nitrogen functional groups attached to an aromatic ring is 1. The predicted molar refractivity (Wildman–Crippen MR) is 121 cm³/mol. The van der Waals surface area contributed by atoms with E-state index in [1.54, 1.807) is 4.57 Å². The molecule has 3 aromatic rings. The van der Waals surface area contributed by atoms with Crippen molar-refractivity contribution in [3.8, 4) is 12.0 Å². The minimum absolute atomic E-state index is 0.128. The van der Waals surface area contributed by atoms with Crippen LogP contribution in [0.4, 0.5) is 5.82 Å². The van der Waals surface area contributed by atoms with Gasteiger partial charge in [-0.2, -0.15) is 15.0 Å². The number of nitrogens with two attached hydrogens (primary N) is 1. The summed E-state index contributed by atoms with van der Waals surface area (Å²) in [6, 6.07) is 8.55. The van der Waals surface area contributed by atoms with Crippen LogP contribution in [0.5, 0.6) is 12.0 Å². The van der Waals surface area contributed by atoms with E-state index in [1.807, 2.05) is 0 Å². The zero-order chi connectivity index (χ0) is 21.8. The number of anilines is 1. The van der Waals surface area contributed by atoms with E-state index in [0.29, 0.717) is 24.3 Å². The Morgan fingerprint density at radius 3 is 2.61 bits per heavy atom. The van der Waals surface area contributed by atoms with Crippen molar-refractivity contribution in [3.63, 3.8) is 0 Å².